The van der Waals surface area contributed by atoms with E-state index >= 15 is 0 Å². The average molecular weight is 356 g/mol. The minimum absolute atomic E-state index is 0.159. The zero-order valence-electron chi connectivity index (χ0n) is 14.0. The van der Waals surface area contributed by atoms with Gasteiger partial charge in [0, 0.05) is 40.1 Å². The molecular formula is C18H20N4O2S. The highest BCUT2D eigenvalue weighted by atomic mass is 32.1. The summed E-state index contributed by atoms with van der Waals surface area (Å²) < 4.78 is 5.87. The van der Waals surface area contributed by atoms with Gasteiger partial charge in [-0.05, 0) is 31.9 Å². The molecule has 1 aromatic heterocycles. The molecule has 2 N–H and O–H groups in total. The van der Waals surface area contributed by atoms with Gasteiger partial charge in [0.15, 0.2) is 5.78 Å². The standard InChI is InChI=1S/C18H20N4O2S/c1-10-7-14(19)15(25)9-22(10)18-21-20-17(24-18)13-4-2-3-12(8-13)16(23)11-5-6-11/h2-4,8,10-11,25H,5-7,9,19H2,1H3/t10-/m1/s1. The van der Waals surface area contributed by atoms with Crippen molar-refractivity contribution in [3.8, 4) is 11.5 Å². The van der Waals surface area contributed by atoms with Crippen molar-refractivity contribution < 1.29 is 9.21 Å². The summed E-state index contributed by atoms with van der Waals surface area (Å²) in [5.41, 5.74) is 8.23. The molecule has 6 nitrogen and oxygen atoms in total. The summed E-state index contributed by atoms with van der Waals surface area (Å²) in [7, 11) is 0. The molecule has 7 heteroatoms. The molecule has 130 valence electrons. The van der Waals surface area contributed by atoms with Crippen molar-refractivity contribution in [2.45, 2.75) is 32.2 Å². The number of nitrogens with two attached hydrogens (primary N) is 1. The first kappa shape index (κ1) is 16.2. The lowest BCUT2D eigenvalue weighted by atomic mass is 10.0. The van der Waals surface area contributed by atoms with Crippen LogP contribution >= 0.6 is 12.6 Å². The Labute approximate surface area is 151 Å². The number of hydrogen-bond donors (Lipinski definition) is 2. The van der Waals surface area contributed by atoms with E-state index in [0.717, 1.165) is 29.0 Å². The molecule has 1 saturated carbocycles. The fourth-order valence-corrected chi connectivity index (χ4v) is 3.30. The lowest BCUT2D eigenvalue weighted by Gasteiger charge is -2.32. The first-order chi connectivity index (χ1) is 12.0. The van der Waals surface area contributed by atoms with E-state index < -0.39 is 0 Å². The Morgan fingerprint density at radius 3 is 2.92 bits per heavy atom. The van der Waals surface area contributed by atoms with Crippen molar-refractivity contribution >= 4 is 24.4 Å². The number of anilines is 1. The van der Waals surface area contributed by atoms with E-state index in [1.807, 2.05) is 29.2 Å². The minimum Gasteiger partial charge on any atom is -0.403 e. The topological polar surface area (TPSA) is 85.2 Å². The predicted molar refractivity (Wildman–Crippen MR) is 98.4 cm³/mol. The summed E-state index contributed by atoms with van der Waals surface area (Å²) in [5.74, 6) is 0.802. The Hall–Kier alpha value is -2.28. The number of aromatic nitrogens is 2. The molecule has 2 aliphatic rings. The fraction of sp³-hybridized carbons (Fsp3) is 0.389. The predicted octanol–water partition coefficient (Wildman–Crippen LogP) is 3.03. The monoisotopic (exact) mass is 356 g/mol. The van der Waals surface area contributed by atoms with E-state index in [0.29, 0.717) is 30.4 Å². The molecule has 0 bridgehead atoms. The third-order valence-corrected chi connectivity index (χ3v) is 5.17. The zero-order valence-corrected chi connectivity index (χ0v) is 14.9. The van der Waals surface area contributed by atoms with Gasteiger partial charge in [-0.2, -0.15) is 0 Å². The summed E-state index contributed by atoms with van der Waals surface area (Å²) in [4.78, 5) is 15.1. The molecule has 1 atom stereocenters. The molecule has 0 radical (unpaired) electrons. The summed E-state index contributed by atoms with van der Waals surface area (Å²) in [6.45, 7) is 2.61. The lowest BCUT2D eigenvalue weighted by Crippen LogP contribution is -2.39. The second-order valence-corrected chi connectivity index (χ2v) is 7.30. The number of carbonyl (C=O) groups is 1. The highest BCUT2D eigenvalue weighted by molar-refractivity contribution is 7.84. The van der Waals surface area contributed by atoms with Gasteiger partial charge in [-0.15, -0.1) is 17.7 Å². The van der Waals surface area contributed by atoms with Crippen LogP contribution in [0.2, 0.25) is 0 Å². The molecule has 4 rings (SSSR count). The van der Waals surface area contributed by atoms with Crippen molar-refractivity contribution in [2.24, 2.45) is 11.7 Å². The molecular weight excluding hydrogens is 336 g/mol. The molecule has 0 amide bonds. The number of Topliss-reactive ketones (excluding diaryl/α,β-unsaturated/α-hetero) is 1. The zero-order chi connectivity index (χ0) is 17.6. The number of thiol groups is 1. The van der Waals surface area contributed by atoms with Gasteiger partial charge >= 0.3 is 6.01 Å². The van der Waals surface area contributed by atoms with E-state index in [9.17, 15) is 4.79 Å². The molecule has 0 spiro atoms. The summed E-state index contributed by atoms with van der Waals surface area (Å²) in [6, 6.07) is 8.01. The minimum atomic E-state index is 0.159. The molecule has 1 aliphatic carbocycles. The van der Waals surface area contributed by atoms with Crippen molar-refractivity contribution in [3.05, 3.63) is 40.4 Å². The highest BCUT2D eigenvalue weighted by Crippen LogP contribution is 2.34. The lowest BCUT2D eigenvalue weighted by molar-refractivity contribution is 0.0967. The van der Waals surface area contributed by atoms with Gasteiger partial charge in [-0.1, -0.05) is 17.2 Å². The maximum Gasteiger partial charge on any atom is 0.319 e. The number of benzene rings is 1. The van der Waals surface area contributed by atoms with E-state index in [1.165, 1.54) is 0 Å². The maximum atomic E-state index is 12.3. The average Bonchev–Trinajstić information content (AvgIpc) is 3.34. The van der Waals surface area contributed by atoms with Crippen molar-refractivity contribution in [2.75, 3.05) is 11.4 Å². The molecule has 0 unspecified atom stereocenters. The SMILES string of the molecule is C[C@@H]1CC(N)=C(S)CN1c1nnc(-c2cccc(C(=O)C3CC3)c2)o1. The Balaban J connectivity index is 1.59. The maximum absolute atomic E-state index is 12.3. The first-order valence-corrected chi connectivity index (χ1v) is 8.89. The third-order valence-electron chi connectivity index (χ3n) is 4.74. The van der Waals surface area contributed by atoms with Crippen molar-refractivity contribution in [1.29, 1.82) is 0 Å². The largest absolute Gasteiger partial charge is 0.403 e. The quantitative estimate of drug-likeness (QED) is 0.647. The van der Waals surface area contributed by atoms with E-state index in [4.69, 9.17) is 10.2 Å². The highest BCUT2D eigenvalue weighted by Gasteiger charge is 2.31. The van der Waals surface area contributed by atoms with Crippen LogP contribution < -0.4 is 10.6 Å². The van der Waals surface area contributed by atoms with Gasteiger partial charge in [-0.3, -0.25) is 4.79 Å². The van der Waals surface area contributed by atoms with E-state index in [2.05, 4.69) is 29.7 Å². The van der Waals surface area contributed by atoms with Gasteiger partial charge in [0.2, 0.25) is 5.89 Å². The molecule has 1 fully saturated rings. The Morgan fingerprint density at radius 1 is 1.36 bits per heavy atom. The van der Waals surface area contributed by atoms with Crippen LogP contribution in [-0.4, -0.2) is 28.6 Å². The Bertz CT molecular complexity index is 856. The van der Waals surface area contributed by atoms with Crippen LogP contribution in [0.3, 0.4) is 0 Å². The van der Waals surface area contributed by atoms with Crippen LogP contribution in [0.15, 0.2) is 39.3 Å². The van der Waals surface area contributed by atoms with Gasteiger partial charge in [0.1, 0.15) is 0 Å². The molecule has 0 saturated heterocycles. The van der Waals surface area contributed by atoms with Crippen LogP contribution in [0.4, 0.5) is 6.01 Å². The van der Waals surface area contributed by atoms with Gasteiger partial charge in [-0.25, -0.2) is 0 Å². The van der Waals surface area contributed by atoms with Crippen LogP contribution in [0.5, 0.6) is 0 Å². The van der Waals surface area contributed by atoms with Crippen molar-refractivity contribution in [3.63, 3.8) is 0 Å². The summed E-state index contributed by atoms with van der Waals surface area (Å²) in [6.07, 6.45) is 2.69. The van der Waals surface area contributed by atoms with Crippen LogP contribution in [-0.2, 0) is 0 Å². The van der Waals surface area contributed by atoms with Gasteiger partial charge < -0.3 is 15.1 Å². The third kappa shape index (κ3) is 3.16. The molecule has 25 heavy (non-hydrogen) atoms. The normalized spacial score (nSPS) is 20.9. The number of ketones is 1. The molecule has 2 heterocycles. The molecule has 1 aliphatic heterocycles. The number of nitrogens with zero attached hydrogens (tertiary/aromatic N) is 3. The second kappa shape index (κ2) is 6.22. The first-order valence-electron chi connectivity index (χ1n) is 8.44. The molecule has 2 aromatic rings. The van der Waals surface area contributed by atoms with Gasteiger partial charge in [0.25, 0.3) is 0 Å². The summed E-state index contributed by atoms with van der Waals surface area (Å²) >= 11 is 4.43. The number of carbonyl (C=O) groups excluding carboxylic acids is 1. The van der Waals surface area contributed by atoms with Crippen LogP contribution in [0.25, 0.3) is 11.5 Å². The fourth-order valence-electron chi connectivity index (χ4n) is 3.06. The van der Waals surface area contributed by atoms with Crippen molar-refractivity contribution in [1.82, 2.24) is 10.2 Å². The van der Waals surface area contributed by atoms with E-state index in [1.54, 1.807) is 0 Å². The Morgan fingerprint density at radius 2 is 2.16 bits per heavy atom. The smallest absolute Gasteiger partial charge is 0.319 e. The van der Waals surface area contributed by atoms with E-state index in [-0.39, 0.29) is 17.7 Å². The van der Waals surface area contributed by atoms with Gasteiger partial charge in [0.05, 0.1) is 6.54 Å². The Kier molecular flexibility index (Phi) is 4.03. The van der Waals surface area contributed by atoms with Crippen LogP contribution in [0.1, 0.15) is 36.5 Å². The second-order valence-electron chi connectivity index (χ2n) is 6.76. The number of hydrogen-bond acceptors (Lipinski definition) is 7. The number of rotatable bonds is 4. The summed E-state index contributed by atoms with van der Waals surface area (Å²) in [5, 5.41) is 8.33. The van der Waals surface area contributed by atoms with Crippen LogP contribution in [0, 0.1) is 5.92 Å². The molecule has 1 aromatic carbocycles.